The first-order chi connectivity index (χ1) is 15.3. The molecule has 0 unspecified atom stereocenters. The molecule has 8 nitrogen and oxygen atoms in total. The van der Waals surface area contributed by atoms with Gasteiger partial charge in [-0.3, -0.25) is 0 Å². The van der Waals surface area contributed by atoms with Crippen molar-refractivity contribution in [3.63, 3.8) is 0 Å². The summed E-state index contributed by atoms with van der Waals surface area (Å²) in [5.41, 5.74) is 8.48. The van der Waals surface area contributed by atoms with Crippen molar-refractivity contribution in [1.29, 1.82) is 0 Å². The predicted molar refractivity (Wildman–Crippen MR) is 121 cm³/mol. The largest absolute Gasteiger partial charge is 0.481 e. The zero-order valence-electron chi connectivity index (χ0n) is 18.7. The van der Waals surface area contributed by atoms with Crippen LogP contribution in [0.2, 0.25) is 0 Å². The first-order valence-corrected chi connectivity index (χ1v) is 10.9. The summed E-state index contributed by atoms with van der Waals surface area (Å²) >= 11 is 0. The van der Waals surface area contributed by atoms with E-state index >= 15 is 0 Å². The number of hydrogen-bond donors (Lipinski definition) is 2. The number of hydrogen-bond acceptors (Lipinski definition) is 8. The molecule has 0 saturated heterocycles. The Balaban J connectivity index is 1.55. The Morgan fingerprint density at radius 2 is 1.94 bits per heavy atom. The molecule has 8 heteroatoms. The topological polar surface area (TPSA) is 112 Å². The van der Waals surface area contributed by atoms with Gasteiger partial charge in [0.15, 0.2) is 0 Å². The summed E-state index contributed by atoms with van der Waals surface area (Å²) in [6.07, 6.45) is 5.58. The van der Waals surface area contributed by atoms with E-state index in [0.717, 1.165) is 34.9 Å². The number of carbonyl (C=O) groups excluding carboxylic acids is 1. The number of cyclic esters (lactones) is 1. The van der Waals surface area contributed by atoms with Crippen molar-refractivity contribution in [3.05, 3.63) is 47.4 Å². The molecule has 166 valence electrons. The lowest BCUT2D eigenvalue weighted by Crippen LogP contribution is -2.35. The van der Waals surface area contributed by atoms with E-state index in [4.69, 9.17) is 20.2 Å². The molecule has 0 radical (unpaired) electrons. The van der Waals surface area contributed by atoms with Crippen LogP contribution < -0.4 is 15.8 Å². The van der Waals surface area contributed by atoms with Crippen molar-refractivity contribution < 1.29 is 14.3 Å². The Bertz CT molecular complexity index is 1220. The fourth-order valence-electron chi connectivity index (χ4n) is 4.43. The van der Waals surface area contributed by atoms with Crippen molar-refractivity contribution in [2.24, 2.45) is 11.7 Å². The molecule has 3 N–H and O–H groups in total. The second-order valence-electron chi connectivity index (χ2n) is 9.01. The highest BCUT2D eigenvalue weighted by Gasteiger charge is 2.41. The number of esters is 1. The van der Waals surface area contributed by atoms with Gasteiger partial charge in [0.05, 0.1) is 23.8 Å². The molecule has 3 atom stereocenters. The van der Waals surface area contributed by atoms with Crippen LogP contribution in [0.5, 0.6) is 5.88 Å². The Kier molecular flexibility index (Phi) is 4.78. The van der Waals surface area contributed by atoms with Gasteiger partial charge in [0.2, 0.25) is 5.88 Å². The third-order valence-electron chi connectivity index (χ3n) is 6.76. The van der Waals surface area contributed by atoms with Crippen LogP contribution in [0.4, 0.5) is 11.6 Å². The van der Waals surface area contributed by atoms with Gasteiger partial charge in [-0.15, -0.1) is 0 Å². The molecular formula is C24H27N5O3. The number of aromatic nitrogens is 3. The third-order valence-corrected chi connectivity index (χ3v) is 6.76. The van der Waals surface area contributed by atoms with Gasteiger partial charge in [0, 0.05) is 23.9 Å². The maximum absolute atomic E-state index is 12.2. The first kappa shape index (κ1) is 20.6. The molecule has 1 fully saturated rings. The second-order valence-corrected chi connectivity index (χ2v) is 9.01. The SMILES string of the molecule is COc1ncc([C@](C)(N)C2CC2)c2cc(Nc3ccc4c(n3)[C@@H](C)[C@H](C)OC4=O)ncc12. The van der Waals surface area contributed by atoms with E-state index in [0.29, 0.717) is 29.0 Å². The summed E-state index contributed by atoms with van der Waals surface area (Å²) in [6, 6.07) is 5.47. The smallest absolute Gasteiger partial charge is 0.340 e. The van der Waals surface area contributed by atoms with Gasteiger partial charge in [-0.1, -0.05) is 6.92 Å². The Morgan fingerprint density at radius 3 is 2.66 bits per heavy atom. The van der Waals surface area contributed by atoms with Crippen molar-refractivity contribution in [3.8, 4) is 5.88 Å². The van der Waals surface area contributed by atoms with Crippen LogP contribution in [0.1, 0.15) is 61.1 Å². The van der Waals surface area contributed by atoms with Gasteiger partial charge in [0.1, 0.15) is 17.7 Å². The fraction of sp³-hybridized carbons (Fsp3) is 0.417. The maximum Gasteiger partial charge on any atom is 0.340 e. The third kappa shape index (κ3) is 3.35. The zero-order valence-corrected chi connectivity index (χ0v) is 18.7. The number of fused-ring (bicyclic) bond motifs is 2. The monoisotopic (exact) mass is 433 g/mol. The lowest BCUT2D eigenvalue weighted by atomic mass is 9.86. The number of ether oxygens (including phenoxy) is 2. The molecule has 4 heterocycles. The predicted octanol–water partition coefficient (Wildman–Crippen LogP) is 4.02. The first-order valence-electron chi connectivity index (χ1n) is 10.9. The van der Waals surface area contributed by atoms with E-state index in [-0.39, 0.29) is 18.0 Å². The summed E-state index contributed by atoms with van der Waals surface area (Å²) in [4.78, 5) is 25.9. The fourth-order valence-corrected chi connectivity index (χ4v) is 4.43. The van der Waals surface area contributed by atoms with E-state index in [9.17, 15) is 4.79 Å². The van der Waals surface area contributed by atoms with Gasteiger partial charge in [0.25, 0.3) is 0 Å². The summed E-state index contributed by atoms with van der Waals surface area (Å²) in [5.74, 6) is 1.88. The zero-order chi connectivity index (χ0) is 22.6. The van der Waals surface area contributed by atoms with E-state index in [1.807, 2.05) is 26.1 Å². The molecular weight excluding hydrogens is 406 g/mol. The summed E-state index contributed by atoms with van der Waals surface area (Å²) in [6.45, 7) is 5.95. The molecule has 1 aliphatic heterocycles. The normalized spacial score (nSPS) is 22.1. The minimum atomic E-state index is -0.480. The number of nitrogens with one attached hydrogen (secondary N) is 1. The maximum atomic E-state index is 12.2. The molecule has 2 aliphatic rings. The molecule has 3 aromatic rings. The Morgan fingerprint density at radius 1 is 1.16 bits per heavy atom. The summed E-state index contributed by atoms with van der Waals surface area (Å²) < 4.78 is 10.8. The van der Waals surface area contributed by atoms with Crippen LogP contribution in [-0.4, -0.2) is 34.1 Å². The quantitative estimate of drug-likeness (QED) is 0.580. The Labute approximate surface area is 186 Å². The molecule has 1 aliphatic carbocycles. The van der Waals surface area contributed by atoms with Crippen LogP contribution >= 0.6 is 0 Å². The van der Waals surface area contributed by atoms with Gasteiger partial charge >= 0.3 is 5.97 Å². The average Bonchev–Trinajstić information content (AvgIpc) is 3.62. The number of pyridine rings is 3. The molecule has 5 rings (SSSR count). The molecule has 0 bridgehead atoms. The van der Waals surface area contributed by atoms with Gasteiger partial charge in [-0.05, 0) is 61.8 Å². The van der Waals surface area contributed by atoms with Crippen molar-refractivity contribution in [2.75, 3.05) is 12.4 Å². The van der Waals surface area contributed by atoms with Crippen molar-refractivity contribution >= 4 is 28.4 Å². The molecule has 1 saturated carbocycles. The van der Waals surface area contributed by atoms with Crippen LogP contribution in [0.15, 0.2) is 30.6 Å². The number of anilines is 2. The minimum Gasteiger partial charge on any atom is -0.481 e. The molecule has 3 aromatic heterocycles. The number of methoxy groups -OCH3 is 1. The van der Waals surface area contributed by atoms with Crippen molar-refractivity contribution in [1.82, 2.24) is 15.0 Å². The average molecular weight is 434 g/mol. The lowest BCUT2D eigenvalue weighted by Gasteiger charge is -2.27. The van der Waals surface area contributed by atoms with E-state index in [2.05, 4.69) is 22.2 Å². The van der Waals surface area contributed by atoms with Crippen LogP contribution in [0, 0.1) is 5.92 Å². The minimum absolute atomic E-state index is 0.00689. The van der Waals surface area contributed by atoms with Crippen molar-refractivity contribution in [2.45, 2.75) is 51.2 Å². The van der Waals surface area contributed by atoms with Crippen LogP contribution in [0.3, 0.4) is 0 Å². The molecule has 0 aromatic carbocycles. The molecule has 32 heavy (non-hydrogen) atoms. The second kappa shape index (κ2) is 7.41. The van der Waals surface area contributed by atoms with E-state index in [1.54, 1.807) is 25.4 Å². The van der Waals surface area contributed by atoms with Gasteiger partial charge in [-0.25, -0.2) is 19.7 Å². The highest BCUT2D eigenvalue weighted by Crippen LogP contribution is 2.46. The molecule has 0 amide bonds. The van der Waals surface area contributed by atoms with E-state index < -0.39 is 5.54 Å². The van der Waals surface area contributed by atoms with Gasteiger partial charge in [-0.2, -0.15) is 0 Å². The van der Waals surface area contributed by atoms with Crippen LogP contribution in [-0.2, 0) is 10.3 Å². The number of rotatable bonds is 5. The summed E-state index contributed by atoms with van der Waals surface area (Å²) in [7, 11) is 1.60. The molecule has 0 spiro atoms. The highest BCUT2D eigenvalue weighted by atomic mass is 16.5. The number of nitrogens with zero attached hydrogens (tertiary/aromatic N) is 3. The number of nitrogens with two attached hydrogens (primary N) is 1. The van der Waals surface area contributed by atoms with E-state index in [1.165, 1.54) is 0 Å². The standard InChI is InChI=1S/C24H27N5O3/c1-12-13(2)32-23(30)15-7-8-19(29-21(12)15)28-20-9-16-17(10-26-20)22(31-4)27-11-18(16)24(3,25)14-5-6-14/h7-14H,5-6,25H2,1-4H3,(H,26,28,29)/t12-,13-,24+/m0/s1. The highest BCUT2D eigenvalue weighted by molar-refractivity contribution is 5.93. The van der Waals surface area contributed by atoms with Crippen LogP contribution in [0.25, 0.3) is 10.8 Å². The number of carbonyl (C=O) groups is 1. The Hall–Kier alpha value is -3.26. The lowest BCUT2D eigenvalue weighted by molar-refractivity contribution is 0.0235. The summed E-state index contributed by atoms with van der Waals surface area (Å²) in [5, 5.41) is 5.05. The van der Waals surface area contributed by atoms with Gasteiger partial charge < -0.3 is 20.5 Å².